The summed E-state index contributed by atoms with van der Waals surface area (Å²) in [7, 11) is 2.04. The summed E-state index contributed by atoms with van der Waals surface area (Å²) < 4.78 is 8.00. The molecule has 3 heterocycles. The van der Waals surface area contributed by atoms with Gasteiger partial charge in [0.1, 0.15) is 12.6 Å². The Bertz CT molecular complexity index is 1430. The number of nitrogens with one attached hydrogen (secondary N) is 1. The van der Waals surface area contributed by atoms with Gasteiger partial charge in [0, 0.05) is 34.7 Å². The molecule has 0 saturated carbocycles. The lowest BCUT2D eigenvalue weighted by molar-refractivity contribution is -0.670. The molecule has 1 N–H and O–H groups in total. The molecule has 6 heteroatoms. The van der Waals surface area contributed by atoms with Crippen molar-refractivity contribution in [3.63, 3.8) is 0 Å². The fourth-order valence-corrected chi connectivity index (χ4v) is 4.54. The molecule has 0 bridgehead atoms. The van der Waals surface area contributed by atoms with Crippen LogP contribution in [-0.4, -0.2) is 15.1 Å². The first-order valence-corrected chi connectivity index (χ1v) is 10.2. The van der Waals surface area contributed by atoms with Crippen molar-refractivity contribution >= 4 is 60.6 Å². The van der Waals surface area contributed by atoms with Crippen LogP contribution in [0.3, 0.4) is 0 Å². The van der Waals surface area contributed by atoms with Crippen LogP contribution in [0.4, 0.5) is 0 Å². The van der Waals surface area contributed by atoms with Gasteiger partial charge in [-0.05, 0) is 42.5 Å². The van der Waals surface area contributed by atoms with E-state index < -0.39 is 0 Å². The second-order valence-corrected chi connectivity index (χ2v) is 8.44. The molecule has 0 amide bonds. The number of aromatic nitrogens is 3. The largest absolute Gasteiger partial charge is 0.440 e. The number of hydrogen-bond acceptors (Lipinski definition) is 4. The molecule has 0 spiro atoms. The van der Waals surface area contributed by atoms with E-state index in [2.05, 4.69) is 41.9 Å². The zero-order valence-corrected chi connectivity index (χ0v) is 17.0. The molecule has 0 aliphatic rings. The van der Waals surface area contributed by atoms with E-state index >= 15 is 0 Å². The van der Waals surface area contributed by atoms with E-state index in [9.17, 15) is 4.79 Å². The third-order valence-electron chi connectivity index (χ3n) is 5.42. The van der Waals surface area contributed by atoms with Gasteiger partial charge >= 0.3 is 0 Å². The third-order valence-corrected chi connectivity index (χ3v) is 6.22. The predicted molar refractivity (Wildman–Crippen MR) is 114 cm³/mol. The third kappa shape index (κ3) is 2.44. The fourth-order valence-electron chi connectivity index (χ4n) is 4.09. The first-order chi connectivity index (χ1) is 13.4. The van der Waals surface area contributed by atoms with Crippen LogP contribution in [0.2, 0.25) is 0 Å². The molecule has 0 saturated heterocycles. The van der Waals surface area contributed by atoms with Gasteiger partial charge in [-0.25, -0.2) is 9.55 Å². The Morgan fingerprint density at radius 1 is 1.18 bits per heavy atom. The smallest absolute Gasteiger partial charge is 0.205 e. The number of carbonyl (C=O) groups is 1. The molecule has 5 aromatic rings. The van der Waals surface area contributed by atoms with E-state index in [0.29, 0.717) is 11.6 Å². The molecule has 0 aliphatic heterocycles. The summed E-state index contributed by atoms with van der Waals surface area (Å²) in [4.78, 5) is 19.6. The van der Waals surface area contributed by atoms with Crippen molar-refractivity contribution in [2.75, 3.05) is 0 Å². The Balaban J connectivity index is 1.89. The van der Waals surface area contributed by atoms with Crippen molar-refractivity contribution in [2.24, 2.45) is 7.05 Å². The molecule has 140 valence electrons. The summed E-state index contributed by atoms with van der Waals surface area (Å²) in [6.07, 6.45) is 4.26. The number of thioether (sulfide) groups is 1. The maximum atomic E-state index is 11.3. The SMILES string of the molecule is CC(=O)SCc1nc2c(ccc3[nH]c4c(C)c5cc[n+](C)cc5c(C)c4c32)o1. The molecule has 5 nitrogen and oxygen atoms in total. The minimum atomic E-state index is 0.0605. The minimum Gasteiger partial charge on any atom is -0.440 e. The van der Waals surface area contributed by atoms with Gasteiger partial charge in [0.2, 0.25) is 5.89 Å². The number of carbonyl (C=O) groups excluding carboxylic acids is 1. The van der Waals surface area contributed by atoms with Crippen LogP contribution in [-0.2, 0) is 17.6 Å². The Kier molecular flexibility index (Phi) is 3.74. The van der Waals surface area contributed by atoms with Crippen LogP contribution in [0, 0.1) is 13.8 Å². The number of aryl methyl sites for hydroxylation is 3. The number of pyridine rings is 1. The van der Waals surface area contributed by atoms with Crippen LogP contribution in [0.1, 0.15) is 23.9 Å². The molecule has 0 atom stereocenters. The van der Waals surface area contributed by atoms with E-state index in [1.54, 1.807) is 6.92 Å². The van der Waals surface area contributed by atoms with Crippen LogP contribution >= 0.6 is 11.8 Å². The maximum Gasteiger partial charge on any atom is 0.205 e. The average Bonchev–Trinajstić information content (AvgIpc) is 3.25. The standard InChI is InChI=1S/C22H19N3O2S/c1-11-15-9-25(4)8-7-14(15)12(2)21-19(11)20-16(23-21)5-6-17-22(20)24-18(27-17)10-28-13(3)26/h5-9H,10H2,1-4H3/p+1. The van der Waals surface area contributed by atoms with Crippen LogP contribution in [0.25, 0.3) is 43.7 Å². The molecule has 3 aromatic heterocycles. The van der Waals surface area contributed by atoms with E-state index in [-0.39, 0.29) is 5.12 Å². The molecular weight excluding hydrogens is 370 g/mol. The van der Waals surface area contributed by atoms with Gasteiger partial charge in [0.05, 0.1) is 11.3 Å². The number of nitrogens with zero attached hydrogens (tertiary/aromatic N) is 2. The lowest BCUT2D eigenvalue weighted by Gasteiger charge is -2.07. The zero-order valence-electron chi connectivity index (χ0n) is 16.2. The van der Waals surface area contributed by atoms with Gasteiger partial charge in [-0.15, -0.1) is 0 Å². The normalized spacial score (nSPS) is 12.0. The Morgan fingerprint density at radius 3 is 2.79 bits per heavy atom. The summed E-state index contributed by atoms with van der Waals surface area (Å²) in [6, 6.07) is 6.17. The van der Waals surface area contributed by atoms with Crippen molar-refractivity contribution in [2.45, 2.75) is 26.5 Å². The molecule has 0 fully saturated rings. The Hall–Kier alpha value is -2.86. The highest BCUT2D eigenvalue weighted by Gasteiger charge is 2.19. The number of benzene rings is 2. The lowest BCUT2D eigenvalue weighted by Crippen LogP contribution is -2.26. The highest BCUT2D eigenvalue weighted by atomic mass is 32.2. The molecule has 0 aliphatic carbocycles. The van der Waals surface area contributed by atoms with Crippen LogP contribution < -0.4 is 4.57 Å². The fraction of sp³-hybridized carbons (Fsp3) is 0.227. The highest BCUT2D eigenvalue weighted by molar-refractivity contribution is 8.12. The first-order valence-electron chi connectivity index (χ1n) is 9.19. The summed E-state index contributed by atoms with van der Waals surface area (Å²) in [5.74, 6) is 1.03. The van der Waals surface area contributed by atoms with Crippen molar-refractivity contribution in [3.05, 3.63) is 47.6 Å². The Labute approximate surface area is 165 Å². The first kappa shape index (κ1) is 17.3. The summed E-state index contributed by atoms with van der Waals surface area (Å²) in [5, 5.41) is 4.83. The van der Waals surface area contributed by atoms with Crippen molar-refractivity contribution in [1.29, 1.82) is 0 Å². The highest BCUT2D eigenvalue weighted by Crippen LogP contribution is 2.39. The van der Waals surface area contributed by atoms with E-state index in [4.69, 9.17) is 9.40 Å². The summed E-state index contributed by atoms with van der Waals surface area (Å²) >= 11 is 1.21. The topological polar surface area (TPSA) is 62.8 Å². The second-order valence-electron chi connectivity index (χ2n) is 7.29. The van der Waals surface area contributed by atoms with Crippen molar-refractivity contribution in [3.8, 4) is 0 Å². The number of hydrogen-bond donors (Lipinski definition) is 1. The molecule has 2 aromatic carbocycles. The molecule has 28 heavy (non-hydrogen) atoms. The summed E-state index contributed by atoms with van der Waals surface area (Å²) in [6.45, 7) is 5.89. The van der Waals surface area contributed by atoms with Crippen LogP contribution in [0.15, 0.2) is 35.0 Å². The average molecular weight is 390 g/mol. The van der Waals surface area contributed by atoms with Crippen molar-refractivity contribution < 1.29 is 13.8 Å². The molecular formula is C22H20N3O2S+. The van der Waals surface area contributed by atoms with Gasteiger partial charge in [0.25, 0.3) is 0 Å². The number of fused-ring (bicyclic) bond motifs is 6. The lowest BCUT2D eigenvalue weighted by atomic mass is 9.96. The zero-order chi connectivity index (χ0) is 19.6. The second kappa shape index (κ2) is 6.07. The van der Waals surface area contributed by atoms with Gasteiger partial charge in [-0.1, -0.05) is 11.8 Å². The quantitative estimate of drug-likeness (QED) is 0.438. The van der Waals surface area contributed by atoms with Gasteiger partial charge < -0.3 is 9.40 Å². The minimum absolute atomic E-state index is 0.0605. The monoisotopic (exact) mass is 390 g/mol. The van der Waals surface area contributed by atoms with Crippen molar-refractivity contribution in [1.82, 2.24) is 9.97 Å². The molecule has 0 radical (unpaired) electrons. The van der Waals surface area contributed by atoms with E-state index in [0.717, 1.165) is 27.5 Å². The van der Waals surface area contributed by atoms with Gasteiger partial charge in [-0.2, -0.15) is 0 Å². The van der Waals surface area contributed by atoms with Gasteiger partial charge in [0.15, 0.2) is 23.1 Å². The number of H-pyrrole nitrogens is 1. The maximum absolute atomic E-state index is 11.3. The van der Waals surface area contributed by atoms with E-state index in [1.165, 1.54) is 39.0 Å². The molecule has 5 rings (SSSR count). The van der Waals surface area contributed by atoms with Crippen LogP contribution in [0.5, 0.6) is 0 Å². The van der Waals surface area contributed by atoms with E-state index in [1.807, 2.05) is 19.2 Å². The number of aromatic amines is 1. The number of rotatable bonds is 2. The molecule has 0 unspecified atom stereocenters. The number of oxazole rings is 1. The predicted octanol–water partition coefficient (Wildman–Crippen LogP) is 4.84. The summed E-state index contributed by atoms with van der Waals surface area (Å²) in [5.41, 5.74) is 6.26. The van der Waals surface area contributed by atoms with Gasteiger partial charge in [-0.3, -0.25) is 4.79 Å². The Morgan fingerprint density at radius 2 is 2.00 bits per heavy atom.